The Balaban J connectivity index is 1.73. The van der Waals surface area contributed by atoms with Gasteiger partial charge in [0.05, 0.1) is 23.0 Å². The van der Waals surface area contributed by atoms with Crippen molar-refractivity contribution in [3.63, 3.8) is 0 Å². The van der Waals surface area contributed by atoms with E-state index in [0.29, 0.717) is 5.82 Å². The van der Waals surface area contributed by atoms with Crippen LogP contribution in [0.25, 0.3) is 15.3 Å². The molecule has 6 nitrogen and oxygen atoms in total. The molecule has 23 heavy (non-hydrogen) atoms. The Kier molecular flexibility index (Phi) is 3.30. The largest absolute Gasteiger partial charge is 0.497 e. The number of aryl methyl sites for hydroxylation is 1. The van der Waals surface area contributed by atoms with Crippen molar-refractivity contribution in [2.75, 3.05) is 12.4 Å². The number of aromatic nitrogens is 3. The van der Waals surface area contributed by atoms with Crippen LogP contribution in [0.5, 0.6) is 5.75 Å². The second-order valence-electron chi connectivity index (χ2n) is 5.68. The third-order valence-electron chi connectivity index (χ3n) is 3.80. The zero-order valence-electron chi connectivity index (χ0n) is 12.9. The van der Waals surface area contributed by atoms with Crippen molar-refractivity contribution in [2.24, 2.45) is 5.92 Å². The Morgan fingerprint density at radius 2 is 2.22 bits per heavy atom. The van der Waals surface area contributed by atoms with Gasteiger partial charge in [-0.3, -0.25) is 4.79 Å². The zero-order chi connectivity index (χ0) is 16.0. The van der Waals surface area contributed by atoms with Gasteiger partial charge in [-0.15, -0.1) is 0 Å². The van der Waals surface area contributed by atoms with Crippen molar-refractivity contribution in [2.45, 2.75) is 19.8 Å². The highest BCUT2D eigenvalue weighted by molar-refractivity contribution is 7.20. The molecule has 0 unspecified atom stereocenters. The molecular weight excluding hydrogens is 312 g/mol. The maximum absolute atomic E-state index is 12.0. The van der Waals surface area contributed by atoms with Crippen LogP contribution in [0.1, 0.15) is 18.5 Å². The third-order valence-corrected chi connectivity index (χ3v) is 4.79. The number of rotatable bonds is 4. The van der Waals surface area contributed by atoms with Gasteiger partial charge < -0.3 is 10.1 Å². The molecule has 1 saturated carbocycles. The van der Waals surface area contributed by atoms with E-state index in [2.05, 4.69) is 15.4 Å². The summed E-state index contributed by atoms with van der Waals surface area (Å²) in [6.07, 6.45) is 1.94. The molecule has 0 atom stereocenters. The predicted molar refractivity (Wildman–Crippen MR) is 89.4 cm³/mol. The van der Waals surface area contributed by atoms with Crippen LogP contribution >= 0.6 is 11.3 Å². The summed E-state index contributed by atoms with van der Waals surface area (Å²) in [5.74, 6) is 1.68. The smallest absolute Gasteiger partial charge is 0.228 e. The van der Waals surface area contributed by atoms with Gasteiger partial charge in [-0.25, -0.2) is 4.98 Å². The number of hydrogen-bond acceptors (Lipinski definition) is 5. The van der Waals surface area contributed by atoms with Crippen molar-refractivity contribution >= 4 is 33.3 Å². The average Bonchev–Trinajstić information content (AvgIpc) is 3.21. The van der Waals surface area contributed by atoms with E-state index in [9.17, 15) is 4.79 Å². The molecular formula is C16H16N4O2S. The standard InChI is InChI=1S/C16H16N4O2S/c1-9-7-14(18-15(21)10-3-4-10)20(19-9)16-17-12-6-5-11(22-2)8-13(12)23-16/h5-8,10H,3-4H2,1-2H3,(H,18,21). The van der Waals surface area contributed by atoms with Crippen molar-refractivity contribution in [1.29, 1.82) is 0 Å². The van der Waals surface area contributed by atoms with Crippen LogP contribution < -0.4 is 10.1 Å². The molecule has 2 aromatic heterocycles. The molecule has 0 saturated heterocycles. The molecule has 0 spiro atoms. The fraction of sp³-hybridized carbons (Fsp3) is 0.312. The van der Waals surface area contributed by atoms with E-state index in [1.807, 2.05) is 31.2 Å². The molecule has 0 radical (unpaired) electrons. The van der Waals surface area contributed by atoms with Gasteiger partial charge in [0.1, 0.15) is 11.6 Å². The number of nitrogens with zero attached hydrogens (tertiary/aromatic N) is 3. The summed E-state index contributed by atoms with van der Waals surface area (Å²) in [5.41, 5.74) is 1.73. The Labute approximate surface area is 137 Å². The summed E-state index contributed by atoms with van der Waals surface area (Å²) < 4.78 is 7.97. The van der Waals surface area contributed by atoms with Crippen LogP contribution in [0.15, 0.2) is 24.3 Å². The van der Waals surface area contributed by atoms with Crippen LogP contribution in [0, 0.1) is 12.8 Å². The average molecular weight is 328 g/mol. The minimum atomic E-state index is 0.0638. The normalized spacial score (nSPS) is 14.2. The zero-order valence-corrected chi connectivity index (χ0v) is 13.7. The van der Waals surface area contributed by atoms with Crippen LogP contribution in [-0.4, -0.2) is 27.8 Å². The minimum absolute atomic E-state index is 0.0638. The Hall–Kier alpha value is -2.41. The molecule has 2 heterocycles. The first-order chi connectivity index (χ1) is 11.1. The molecule has 1 aliphatic rings. The summed E-state index contributed by atoms with van der Waals surface area (Å²) >= 11 is 1.52. The van der Waals surface area contributed by atoms with Gasteiger partial charge in [-0.2, -0.15) is 9.78 Å². The van der Waals surface area contributed by atoms with E-state index in [1.54, 1.807) is 11.8 Å². The number of carbonyl (C=O) groups excluding carboxylic acids is 1. The SMILES string of the molecule is COc1ccc2nc(-n3nc(C)cc3NC(=O)C3CC3)sc2c1. The number of hydrogen-bond donors (Lipinski definition) is 1. The van der Waals surface area contributed by atoms with Crippen LogP contribution in [0.4, 0.5) is 5.82 Å². The number of thiazole rings is 1. The molecule has 4 rings (SSSR count). The van der Waals surface area contributed by atoms with Crippen LogP contribution in [0.3, 0.4) is 0 Å². The number of benzene rings is 1. The molecule has 7 heteroatoms. The van der Waals surface area contributed by atoms with Gasteiger partial charge in [0.25, 0.3) is 0 Å². The van der Waals surface area contributed by atoms with Gasteiger partial charge in [-0.05, 0) is 38.0 Å². The number of ether oxygens (including phenoxy) is 1. The Bertz CT molecular complexity index is 895. The lowest BCUT2D eigenvalue weighted by Crippen LogP contribution is -2.16. The molecule has 1 fully saturated rings. The first kappa shape index (κ1) is 14.2. The quantitative estimate of drug-likeness (QED) is 0.799. The highest BCUT2D eigenvalue weighted by Crippen LogP contribution is 2.32. The fourth-order valence-electron chi connectivity index (χ4n) is 2.42. The van der Waals surface area contributed by atoms with Gasteiger partial charge in [0.2, 0.25) is 11.0 Å². The fourth-order valence-corrected chi connectivity index (χ4v) is 3.38. The summed E-state index contributed by atoms with van der Waals surface area (Å²) in [6, 6.07) is 7.63. The first-order valence-corrected chi connectivity index (χ1v) is 8.28. The summed E-state index contributed by atoms with van der Waals surface area (Å²) in [5, 5.41) is 8.16. The second kappa shape index (κ2) is 5.34. The van der Waals surface area contributed by atoms with E-state index in [4.69, 9.17) is 4.74 Å². The summed E-state index contributed by atoms with van der Waals surface area (Å²) in [4.78, 5) is 16.6. The van der Waals surface area contributed by atoms with Crippen molar-refractivity contribution in [3.05, 3.63) is 30.0 Å². The molecule has 0 aliphatic heterocycles. The topological polar surface area (TPSA) is 69.0 Å². The number of nitrogens with one attached hydrogen (secondary N) is 1. The highest BCUT2D eigenvalue weighted by Gasteiger charge is 2.30. The maximum Gasteiger partial charge on any atom is 0.228 e. The number of methoxy groups -OCH3 is 1. The Morgan fingerprint density at radius 3 is 2.96 bits per heavy atom. The number of anilines is 1. The van der Waals surface area contributed by atoms with Crippen LogP contribution in [-0.2, 0) is 4.79 Å². The van der Waals surface area contributed by atoms with E-state index in [1.165, 1.54) is 11.3 Å². The third kappa shape index (κ3) is 2.68. The van der Waals surface area contributed by atoms with E-state index in [0.717, 1.165) is 39.6 Å². The van der Waals surface area contributed by atoms with E-state index < -0.39 is 0 Å². The minimum Gasteiger partial charge on any atom is -0.497 e. The van der Waals surface area contributed by atoms with Crippen molar-refractivity contribution < 1.29 is 9.53 Å². The lowest BCUT2D eigenvalue weighted by Gasteiger charge is -2.05. The van der Waals surface area contributed by atoms with Crippen molar-refractivity contribution in [1.82, 2.24) is 14.8 Å². The van der Waals surface area contributed by atoms with Gasteiger partial charge in [-0.1, -0.05) is 11.3 Å². The monoisotopic (exact) mass is 328 g/mol. The van der Waals surface area contributed by atoms with Gasteiger partial charge >= 0.3 is 0 Å². The van der Waals surface area contributed by atoms with E-state index in [-0.39, 0.29) is 11.8 Å². The molecule has 118 valence electrons. The van der Waals surface area contributed by atoms with Gasteiger partial charge in [0.15, 0.2) is 0 Å². The summed E-state index contributed by atoms with van der Waals surface area (Å²) in [6.45, 7) is 1.90. The molecule has 3 aromatic rings. The lowest BCUT2D eigenvalue weighted by atomic mass is 10.3. The van der Waals surface area contributed by atoms with Crippen LogP contribution in [0.2, 0.25) is 0 Å². The highest BCUT2D eigenvalue weighted by atomic mass is 32.1. The number of fused-ring (bicyclic) bond motifs is 1. The number of carbonyl (C=O) groups is 1. The maximum atomic E-state index is 12.0. The van der Waals surface area contributed by atoms with E-state index >= 15 is 0 Å². The molecule has 1 N–H and O–H groups in total. The summed E-state index contributed by atoms with van der Waals surface area (Å²) in [7, 11) is 1.64. The van der Waals surface area contributed by atoms with Gasteiger partial charge in [0, 0.05) is 12.0 Å². The molecule has 1 aliphatic carbocycles. The van der Waals surface area contributed by atoms with Crippen molar-refractivity contribution in [3.8, 4) is 10.9 Å². The first-order valence-electron chi connectivity index (χ1n) is 7.46. The second-order valence-corrected chi connectivity index (χ2v) is 6.69. The number of amides is 1. The molecule has 1 aromatic carbocycles. The molecule has 0 bridgehead atoms. The Morgan fingerprint density at radius 1 is 1.39 bits per heavy atom. The lowest BCUT2D eigenvalue weighted by molar-refractivity contribution is -0.117. The predicted octanol–water partition coefficient (Wildman–Crippen LogP) is 3.15. The molecule has 1 amide bonds.